The van der Waals surface area contributed by atoms with Gasteiger partial charge in [0.25, 0.3) is 5.91 Å². The molecule has 0 saturated heterocycles. The van der Waals surface area contributed by atoms with Crippen LogP contribution in [0, 0.1) is 0 Å². The molecule has 2 N–H and O–H groups in total. The van der Waals surface area contributed by atoms with E-state index in [0.717, 1.165) is 0 Å². The summed E-state index contributed by atoms with van der Waals surface area (Å²) in [6.07, 6.45) is 1.32. The predicted molar refractivity (Wildman–Crippen MR) is 66.3 cm³/mol. The lowest BCUT2D eigenvalue weighted by Gasteiger charge is -2.07. The highest BCUT2D eigenvalue weighted by atomic mass is 35.5. The van der Waals surface area contributed by atoms with Gasteiger partial charge in [0, 0.05) is 11.8 Å². The lowest BCUT2D eigenvalue weighted by Crippen LogP contribution is -2.11. The number of hydrogen-bond donors (Lipinski definition) is 2. The summed E-state index contributed by atoms with van der Waals surface area (Å²) in [4.78, 5) is 11.8. The third-order valence-electron chi connectivity index (χ3n) is 2.30. The molecule has 0 aliphatic carbocycles. The zero-order valence-corrected chi connectivity index (χ0v) is 10.2. The average Bonchev–Trinajstić information content (AvgIpc) is 2.76. The molecule has 2 aromatic rings. The number of amides is 1. The molecule has 2 rings (SSSR count). The minimum atomic E-state index is -0.418. The van der Waals surface area contributed by atoms with Gasteiger partial charge in [0.1, 0.15) is 0 Å². The van der Waals surface area contributed by atoms with Crippen LogP contribution in [-0.2, 0) is 0 Å². The van der Waals surface area contributed by atoms with Crippen LogP contribution in [0.5, 0.6) is 11.5 Å². The van der Waals surface area contributed by atoms with Crippen LogP contribution in [0.15, 0.2) is 34.9 Å². The SMILES string of the molecule is COc1ccc(NC(=O)c2ccoc2Cl)cc1O. The van der Waals surface area contributed by atoms with Gasteiger partial charge in [-0.2, -0.15) is 0 Å². The van der Waals surface area contributed by atoms with Gasteiger partial charge in [-0.3, -0.25) is 4.79 Å². The highest BCUT2D eigenvalue weighted by Crippen LogP contribution is 2.29. The lowest BCUT2D eigenvalue weighted by atomic mass is 10.2. The van der Waals surface area contributed by atoms with Crippen molar-refractivity contribution < 1.29 is 19.1 Å². The van der Waals surface area contributed by atoms with Crippen LogP contribution in [0.1, 0.15) is 10.4 Å². The number of aromatic hydroxyl groups is 1. The van der Waals surface area contributed by atoms with Gasteiger partial charge < -0.3 is 19.6 Å². The molecular weight excluding hydrogens is 258 g/mol. The maximum atomic E-state index is 11.8. The van der Waals surface area contributed by atoms with Crippen LogP contribution >= 0.6 is 11.6 Å². The Labute approximate surface area is 108 Å². The van der Waals surface area contributed by atoms with Crippen molar-refractivity contribution in [1.82, 2.24) is 0 Å². The van der Waals surface area contributed by atoms with Gasteiger partial charge in [0.15, 0.2) is 11.5 Å². The number of rotatable bonds is 3. The Balaban J connectivity index is 2.17. The van der Waals surface area contributed by atoms with Crippen LogP contribution in [-0.4, -0.2) is 18.1 Å². The number of benzene rings is 1. The number of ether oxygens (including phenoxy) is 1. The van der Waals surface area contributed by atoms with E-state index in [1.807, 2.05) is 0 Å². The maximum Gasteiger partial charge on any atom is 0.260 e. The number of furan rings is 1. The van der Waals surface area contributed by atoms with Crippen molar-refractivity contribution in [3.8, 4) is 11.5 Å². The van der Waals surface area contributed by atoms with Crippen LogP contribution in [0.2, 0.25) is 5.22 Å². The predicted octanol–water partition coefficient (Wildman–Crippen LogP) is 2.90. The van der Waals surface area contributed by atoms with Crippen LogP contribution < -0.4 is 10.1 Å². The summed E-state index contributed by atoms with van der Waals surface area (Å²) in [6.45, 7) is 0. The Morgan fingerprint density at radius 3 is 2.78 bits per heavy atom. The smallest absolute Gasteiger partial charge is 0.260 e. The summed E-state index contributed by atoms with van der Waals surface area (Å²) in [6, 6.07) is 5.98. The number of hydrogen-bond acceptors (Lipinski definition) is 4. The van der Waals surface area contributed by atoms with Crippen molar-refractivity contribution in [2.75, 3.05) is 12.4 Å². The number of halogens is 1. The first-order chi connectivity index (χ1) is 8.61. The summed E-state index contributed by atoms with van der Waals surface area (Å²) < 4.78 is 9.72. The molecule has 0 unspecified atom stereocenters. The number of methoxy groups -OCH3 is 1. The van der Waals surface area contributed by atoms with E-state index in [-0.39, 0.29) is 16.5 Å². The van der Waals surface area contributed by atoms with Gasteiger partial charge >= 0.3 is 0 Å². The van der Waals surface area contributed by atoms with Crippen molar-refractivity contribution >= 4 is 23.2 Å². The molecule has 6 heteroatoms. The molecule has 1 amide bonds. The van der Waals surface area contributed by atoms with E-state index in [9.17, 15) is 9.90 Å². The zero-order valence-electron chi connectivity index (χ0n) is 9.44. The summed E-state index contributed by atoms with van der Waals surface area (Å²) in [5.74, 6) is -0.152. The molecule has 0 radical (unpaired) electrons. The topological polar surface area (TPSA) is 71.7 Å². The van der Waals surface area contributed by atoms with Gasteiger partial charge in [-0.15, -0.1) is 0 Å². The Hall–Kier alpha value is -2.14. The zero-order chi connectivity index (χ0) is 13.1. The lowest BCUT2D eigenvalue weighted by molar-refractivity contribution is 0.102. The fourth-order valence-electron chi connectivity index (χ4n) is 1.42. The molecule has 0 aliphatic rings. The molecule has 0 saturated carbocycles. The van der Waals surface area contributed by atoms with E-state index in [4.69, 9.17) is 20.8 Å². The summed E-state index contributed by atoms with van der Waals surface area (Å²) in [7, 11) is 1.44. The second kappa shape index (κ2) is 5.01. The standard InChI is InChI=1S/C12H10ClNO4/c1-17-10-3-2-7(6-9(10)15)14-12(16)8-4-5-18-11(8)13/h2-6,15H,1H3,(H,14,16). The number of anilines is 1. The maximum absolute atomic E-state index is 11.8. The highest BCUT2D eigenvalue weighted by Gasteiger charge is 2.13. The monoisotopic (exact) mass is 267 g/mol. The molecule has 5 nitrogen and oxygen atoms in total. The van der Waals surface area contributed by atoms with Crippen molar-refractivity contribution in [1.29, 1.82) is 0 Å². The summed E-state index contributed by atoms with van der Waals surface area (Å²) >= 11 is 5.68. The first-order valence-corrected chi connectivity index (χ1v) is 5.41. The summed E-state index contributed by atoms with van der Waals surface area (Å²) in [5, 5.41) is 12.2. The van der Waals surface area contributed by atoms with Gasteiger partial charge in [-0.1, -0.05) is 0 Å². The Morgan fingerprint density at radius 1 is 1.44 bits per heavy atom. The fraction of sp³-hybridized carbons (Fsp3) is 0.0833. The van der Waals surface area contributed by atoms with Crippen LogP contribution in [0.25, 0.3) is 0 Å². The summed E-state index contributed by atoms with van der Waals surface area (Å²) in [5.41, 5.74) is 0.655. The minimum absolute atomic E-state index is 0.0187. The molecule has 0 bridgehead atoms. The second-order valence-electron chi connectivity index (χ2n) is 3.45. The largest absolute Gasteiger partial charge is 0.504 e. The quantitative estimate of drug-likeness (QED) is 0.897. The second-order valence-corrected chi connectivity index (χ2v) is 3.79. The Morgan fingerprint density at radius 2 is 2.22 bits per heavy atom. The third kappa shape index (κ3) is 2.41. The third-order valence-corrected chi connectivity index (χ3v) is 2.59. The normalized spacial score (nSPS) is 10.1. The molecule has 1 aromatic heterocycles. The van der Waals surface area contributed by atoms with E-state index in [0.29, 0.717) is 11.4 Å². The molecule has 18 heavy (non-hydrogen) atoms. The first kappa shape index (κ1) is 12.3. The molecule has 0 spiro atoms. The van der Waals surface area contributed by atoms with Crippen LogP contribution in [0.4, 0.5) is 5.69 Å². The van der Waals surface area contributed by atoms with E-state index in [1.54, 1.807) is 12.1 Å². The molecular formula is C12H10ClNO4. The molecule has 1 heterocycles. The van der Waals surface area contributed by atoms with Gasteiger partial charge in [-0.05, 0) is 29.8 Å². The molecule has 0 atom stereocenters. The molecule has 0 fully saturated rings. The Kier molecular flexibility index (Phi) is 3.43. The molecule has 1 aromatic carbocycles. The fourth-order valence-corrected chi connectivity index (χ4v) is 1.62. The molecule has 0 aliphatic heterocycles. The Bertz CT molecular complexity index is 579. The highest BCUT2D eigenvalue weighted by molar-refractivity contribution is 6.32. The van der Waals surface area contributed by atoms with E-state index in [1.165, 1.54) is 25.5 Å². The van der Waals surface area contributed by atoms with E-state index >= 15 is 0 Å². The number of phenolic OH excluding ortho intramolecular Hbond substituents is 1. The van der Waals surface area contributed by atoms with Crippen LogP contribution in [0.3, 0.4) is 0 Å². The van der Waals surface area contributed by atoms with Crippen molar-refractivity contribution in [2.45, 2.75) is 0 Å². The van der Waals surface area contributed by atoms with E-state index < -0.39 is 5.91 Å². The van der Waals surface area contributed by atoms with Gasteiger partial charge in [0.2, 0.25) is 5.22 Å². The van der Waals surface area contributed by atoms with Gasteiger partial charge in [0.05, 0.1) is 18.9 Å². The van der Waals surface area contributed by atoms with E-state index in [2.05, 4.69) is 5.32 Å². The molecule has 94 valence electrons. The van der Waals surface area contributed by atoms with Crippen molar-refractivity contribution in [3.05, 3.63) is 41.3 Å². The number of carbonyl (C=O) groups is 1. The first-order valence-electron chi connectivity index (χ1n) is 5.03. The number of carbonyl (C=O) groups excluding carboxylic acids is 1. The number of phenols is 1. The average molecular weight is 268 g/mol. The van der Waals surface area contributed by atoms with Crippen molar-refractivity contribution in [2.24, 2.45) is 0 Å². The van der Waals surface area contributed by atoms with Gasteiger partial charge in [-0.25, -0.2) is 0 Å². The van der Waals surface area contributed by atoms with Crippen molar-refractivity contribution in [3.63, 3.8) is 0 Å². The minimum Gasteiger partial charge on any atom is -0.504 e. The number of nitrogens with one attached hydrogen (secondary N) is 1.